The van der Waals surface area contributed by atoms with Gasteiger partial charge in [-0.05, 0) is 12.8 Å². The number of fused-ring (bicyclic) bond motifs is 1. The van der Waals surface area contributed by atoms with Crippen LogP contribution in [-0.4, -0.2) is 72.2 Å². The van der Waals surface area contributed by atoms with Crippen molar-refractivity contribution in [2.75, 3.05) is 40.5 Å². The van der Waals surface area contributed by atoms with Crippen LogP contribution < -0.4 is 5.32 Å². The van der Waals surface area contributed by atoms with E-state index in [9.17, 15) is 0 Å². The molecule has 1 aromatic heterocycles. The first-order valence-electron chi connectivity index (χ1n) is 8.29. The summed E-state index contributed by atoms with van der Waals surface area (Å²) in [6.45, 7) is 4.57. The Labute approximate surface area is 136 Å². The van der Waals surface area contributed by atoms with Crippen LogP contribution in [0.4, 0.5) is 0 Å². The van der Waals surface area contributed by atoms with Gasteiger partial charge in [0.05, 0.1) is 25.9 Å². The molecule has 23 heavy (non-hydrogen) atoms. The van der Waals surface area contributed by atoms with E-state index in [0.717, 1.165) is 43.7 Å². The van der Waals surface area contributed by atoms with Crippen LogP contribution >= 0.6 is 0 Å². The van der Waals surface area contributed by atoms with Crippen molar-refractivity contribution in [3.05, 3.63) is 11.6 Å². The van der Waals surface area contributed by atoms with Crippen LogP contribution in [0.1, 0.15) is 24.5 Å². The Balaban J connectivity index is 1.58. The number of morpholine rings is 1. The van der Waals surface area contributed by atoms with Gasteiger partial charge in [0.25, 0.3) is 0 Å². The summed E-state index contributed by atoms with van der Waals surface area (Å²) in [5.74, 6) is 2.97. The largest absolute Gasteiger partial charge is 0.382 e. The van der Waals surface area contributed by atoms with Gasteiger partial charge in [-0.2, -0.15) is 0 Å². The van der Waals surface area contributed by atoms with Crippen molar-refractivity contribution in [1.82, 2.24) is 25.0 Å². The molecule has 1 aromatic rings. The van der Waals surface area contributed by atoms with Crippen LogP contribution in [-0.2, 0) is 29.0 Å². The number of aryl methyl sites for hydroxylation is 1. The van der Waals surface area contributed by atoms with E-state index < -0.39 is 0 Å². The average molecular weight is 322 g/mol. The van der Waals surface area contributed by atoms with Crippen molar-refractivity contribution in [2.24, 2.45) is 4.99 Å². The summed E-state index contributed by atoms with van der Waals surface area (Å²) in [6, 6.07) is 0. The smallest absolute Gasteiger partial charge is 0.194 e. The van der Waals surface area contributed by atoms with Gasteiger partial charge < -0.3 is 24.3 Å². The first-order valence-corrected chi connectivity index (χ1v) is 8.29. The Hall–Kier alpha value is -1.67. The molecule has 8 heteroatoms. The lowest BCUT2D eigenvalue weighted by molar-refractivity contribution is -0.0447. The van der Waals surface area contributed by atoms with Crippen LogP contribution in [0.2, 0.25) is 0 Å². The number of hydrogen-bond acceptors (Lipinski definition) is 5. The lowest BCUT2D eigenvalue weighted by Crippen LogP contribution is -2.51. The molecule has 0 aliphatic carbocycles. The number of guanidine groups is 1. The molecule has 1 unspecified atom stereocenters. The highest BCUT2D eigenvalue weighted by molar-refractivity contribution is 5.79. The van der Waals surface area contributed by atoms with Gasteiger partial charge in [0, 0.05) is 40.2 Å². The highest BCUT2D eigenvalue weighted by Crippen LogP contribution is 2.14. The molecule has 2 aliphatic heterocycles. The Morgan fingerprint density at radius 2 is 2.30 bits per heavy atom. The predicted molar refractivity (Wildman–Crippen MR) is 86.3 cm³/mol. The quantitative estimate of drug-likeness (QED) is 0.623. The second-order valence-corrected chi connectivity index (χ2v) is 5.94. The molecule has 128 valence electrons. The SMILES string of the molecule is CN=C(NCc1nnc2n1CCCC2)N1CCOC(COC)C1. The highest BCUT2D eigenvalue weighted by Gasteiger charge is 2.23. The third-order valence-electron chi connectivity index (χ3n) is 4.34. The van der Waals surface area contributed by atoms with E-state index in [0.29, 0.717) is 19.8 Å². The molecule has 1 N–H and O–H groups in total. The van der Waals surface area contributed by atoms with Gasteiger partial charge in [0.15, 0.2) is 11.8 Å². The van der Waals surface area contributed by atoms with Crippen LogP contribution in [0.3, 0.4) is 0 Å². The Bertz CT molecular complexity index is 542. The molecule has 8 nitrogen and oxygen atoms in total. The normalized spacial score (nSPS) is 22.1. The van der Waals surface area contributed by atoms with Crippen LogP contribution in [0.15, 0.2) is 4.99 Å². The number of rotatable bonds is 4. The van der Waals surface area contributed by atoms with Crippen LogP contribution in [0, 0.1) is 0 Å². The Kier molecular flexibility index (Phi) is 5.45. The fourth-order valence-electron chi connectivity index (χ4n) is 3.19. The first kappa shape index (κ1) is 16.2. The molecule has 0 saturated carbocycles. The summed E-state index contributed by atoms with van der Waals surface area (Å²) in [5, 5.41) is 12.0. The van der Waals surface area contributed by atoms with Crippen LogP contribution in [0.25, 0.3) is 0 Å². The molecule has 3 rings (SSSR count). The standard InChI is InChI=1S/C15H26N6O2/c1-16-15(20-7-8-23-12(10-20)11-22-2)17-9-14-19-18-13-5-3-4-6-21(13)14/h12H,3-11H2,1-2H3,(H,16,17). The first-order chi connectivity index (χ1) is 11.3. The van der Waals surface area contributed by atoms with Gasteiger partial charge in [0.1, 0.15) is 5.82 Å². The maximum Gasteiger partial charge on any atom is 0.194 e. The van der Waals surface area contributed by atoms with Crippen molar-refractivity contribution in [2.45, 2.75) is 38.5 Å². The van der Waals surface area contributed by atoms with Crippen molar-refractivity contribution in [3.63, 3.8) is 0 Å². The number of nitrogens with one attached hydrogen (secondary N) is 1. The van der Waals surface area contributed by atoms with Crippen molar-refractivity contribution in [3.8, 4) is 0 Å². The van der Waals surface area contributed by atoms with Gasteiger partial charge in [-0.3, -0.25) is 4.99 Å². The predicted octanol–water partition coefficient (Wildman–Crippen LogP) is 0.0370. The molecule has 3 heterocycles. The summed E-state index contributed by atoms with van der Waals surface area (Å²) < 4.78 is 13.1. The molecule has 1 atom stereocenters. The van der Waals surface area contributed by atoms with Gasteiger partial charge in [-0.1, -0.05) is 0 Å². The zero-order valence-electron chi connectivity index (χ0n) is 14.0. The number of aromatic nitrogens is 3. The number of ether oxygens (including phenoxy) is 2. The van der Waals surface area contributed by atoms with Gasteiger partial charge in [0.2, 0.25) is 0 Å². The maximum absolute atomic E-state index is 5.69. The molecule has 0 amide bonds. The van der Waals surface area contributed by atoms with Crippen LogP contribution in [0.5, 0.6) is 0 Å². The van der Waals surface area contributed by atoms with E-state index in [4.69, 9.17) is 9.47 Å². The molecular formula is C15H26N6O2. The minimum Gasteiger partial charge on any atom is -0.382 e. The van der Waals surface area contributed by atoms with E-state index in [1.807, 2.05) is 7.05 Å². The summed E-state index contributed by atoms with van der Waals surface area (Å²) in [6.07, 6.45) is 3.54. The van der Waals surface area contributed by atoms with Crippen molar-refractivity contribution >= 4 is 5.96 Å². The molecule has 2 aliphatic rings. The van der Waals surface area contributed by atoms with E-state index in [1.54, 1.807) is 7.11 Å². The van der Waals surface area contributed by atoms with Crippen molar-refractivity contribution < 1.29 is 9.47 Å². The fraction of sp³-hybridized carbons (Fsp3) is 0.800. The fourth-order valence-corrected chi connectivity index (χ4v) is 3.19. The number of methoxy groups -OCH3 is 1. The lowest BCUT2D eigenvalue weighted by atomic mass is 10.2. The van der Waals surface area contributed by atoms with Gasteiger partial charge in [-0.15, -0.1) is 10.2 Å². The number of nitrogens with zero attached hydrogens (tertiary/aromatic N) is 5. The summed E-state index contributed by atoms with van der Waals surface area (Å²) >= 11 is 0. The van der Waals surface area contributed by atoms with Gasteiger partial charge >= 0.3 is 0 Å². The van der Waals surface area contributed by atoms with Crippen molar-refractivity contribution in [1.29, 1.82) is 0 Å². The molecule has 1 saturated heterocycles. The minimum absolute atomic E-state index is 0.0909. The monoisotopic (exact) mass is 322 g/mol. The second kappa shape index (κ2) is 7.74. The van der Waals surface area contributed by atoms with Gasteiger partial charge in [-0.25, -0.2) is 0 Å². The molecule has 1 fully saturated rings. The van der Waals surface area contributed by atoms with E-state index >= 15 is 0 Å². The van der Waals surface area contributed by atoms with E-state index in [-0.39, 0.29) is 6.10 Å². The maximum atomic E-state index is 5.69. The lowest BCUT2D eigenvalue weighted by Gasteiger charge is -2.34. The molecule has 0 spiro atoms. The molecule has 0 radical (unpaired) electrons. The summed E-state index contributed by atoms with van der Waals surface area (Å²) in [5.41, 5.74) is 0. The highest BCUT2D eigenvalue weighted by atomic mass is 16.5. The number of hydrogen-bond donors (Lipinski definition) is 1. The van der Waals surface area contributed by atoms with E-state index in [2.05, 4.69) is 30.0 Å². The van der Waals surface area contributed by atoms with E-state index in [1.165, 1.54) is 12.8 Å². The summed E-state index contributed by atoms with van der Waals surface area (Å²) in [7, 11) is 3.51. The second-order valence-electron chi connectivity index (χ2n) is 5.94. The minimum atomic E-state index is 0.0909. The zero-order chi connectivity index (χ0) is 16.1. The molecular weight excluding hydrogens is 296 g/mol. The third-order valence-corrected chi connectivity index (χ3v) is 4.34. The Morgan fingerprint density at radius 1 is 1.39 bits per heavy atom. The zero-order valence-corrected chi connectivity index (χ0v) is 14.0. The molecule has 0 aromatic carbocycles. The summed E-state index contributed by atoms with van der Waals surface area (Å²) in [4.78, 5) is 6.60. The topological polar surface area (TPSA) is 76.8 Å². The number of aliphatic imine (C=N–C) groups is 1. The third kappa shape index (κ3) is 3.81. The average Bonchev–Trinajstić information content (AvgIpc) is 3.00. The Morgan fingerprint density at radius 3 is 3.13 bits per heavy atom. The molecule has 0 bridgehead atoms.